The summed E-state index contributed by atoms with van der Waals surface area (Å²) in [6.45, 7) is 1.55. The highest BCUT2D eigenvalue weighted by Crippen LogP contribution is 2.21. The van der Waals surface area contributed by atoms with Crippen LogP contribution in [0.2, 0.25) is 0 Å². The van der Waals surface area contributed by atoms with Crippen molar-refractivity contribution in [1.29, 1.82) is 0 Å². The summed E-state index contributed by atoms with van der Waals surface area (Å²) in [6.07, 6.45) is 7.54. The normalized spacial score (nSPS) is 14.5. The van der Waals surface area contributed by atoms with Crippen LogP contribution < -0.4 is 10.1 Å². The maximum absolute atomic E-state index is 13.0. The molecule has 0 saturated carbocycles. The fourth-order valence-corrected chi connectivity index (χ4v) is 3.37. The van der Waals surface area contributed by atoms with Crippen LogP contribution in [0.15, 0.2) is 54.6 Å². The van der Waals surface area contributed by atoms with Gasteiger partial charge >= 0.3 is 0 Å². The quantitative estimate of drug-likeness (QED) is 0.787. The minimum atomic E-state index is -0.290. The maximum atomic E-state index is 13.0. The number of methoxy groups -OCH3 is 1. The molecule has 3 rings (SSSR count). The van der Waals surface area contributed by atoms with Crippen LogP contribution >= 0.6 is 0 Å². The lowest BCUT2D eigenvalue weighted by molar-refractivity contribution is -0.111. The van der Waals surface area contributed by atoms with Gasteiger partial charge in [-0.25, -0.2) is 0 Å². The number of hydrogen-bond acceptors (Lipinski definition) is 3. The Kier molecular flexibility index (Phi) is 6.84. The van der Waals surface area contributed by atoms with E-state index in [1.165, 1.54) is 6.08 Å². The summed E-state index contributed by atoms with van der Waals surface area (Å²) in [4.78, 5) is 27.3. The second-order valence-electron chi connectivity index (χ2n) is 6.82. The molecule has 1 saturated heterocycles. The Balaban J connectivity index is 1.73. The molecule has 0 aliphatic carbocycles. The number of para-hydroxylation sites is 2. The van der Waals surface area contributed by atoms with E-state index in [-0.39, 0.29) is 11.8 Å². The Hall–Kier alpha value is -3.08. The number of carbonyl (C=O) groups excluding carboxylic acids is 2. The predicted octanol–water partition coefficient (Wildman–Crippen LogP) is 4.36. The maximum Gasteiger partial charge on any atom is 0.255 e. The summed E-state index contributed by atoms with van der Waals surface area (Å²) < 4.78 is 5.29. The van der Waals surface area contributed by atoms with Crippen molar-refractivity contribution in [2.75, 3.05) is 25.5 Å². The minimum Gasteiger partial charge on any atom is -0.496 e. The van der Waals surface area contributed by atoms with E-state index in [0.717, 1.165) is 44.3 Å². The topological polar surface area (TPSA) is 58.6 Å². The first kappa shape index (κ1) is 19.7. The molecule has 2 aromatic carbocycles. The van der Waals surface area contributed by atoms with E-state index in [2.05, 4.69) is 5.32 Å². The SMILES string of the molecule is COc1ccccc1C=CC(=O)Nc1ccccc1C(=O)N1CCCCCC1. The molecule has 5 heteroatoms. The van der Waals surface area contributed by atoms with E-state index in [1.807, 2.05) is 41.3 Å². The monoisotopic (exact) mass is 378 g/mol. The first-order chi connectivity index (χ1) is 13.7. The number of hydrogen-bond donors (Lipinski definition) is 1. The predicted molar refractivity (Wildman–Crippen MR) is 111 cm³/mol. The molecule has 1 aliphatic heterocycles. The number of benzene rings is 2. The van der Waals surface area contributed by atoms with Crippen LogP contribution in [-0.4, -0.2) is 36.9 Å². The van der Waals surface area contributed by atoms with Crippen molar-refractivity contribution >= 4 is 23.6 Å². The van der Waals surface area contributed by atoms with E-state index in [0.29, 0.717) is 17.0 Å². The van der Waals surface area contributed by atoms with Gasteiger partial charge in [0.15, 0.2) is 0 Å². The van der Waals surface area contributed by atoms with Gasteiger partial charge in [0.1, 0.15) is 5.75 Å². The highest BCUT2D eigenvalue weighted by Gasteiger charge is 2.20. The van der Waals surface area contributed by atoms with Gasteiger partial charge in [0.2, 0.25) is 5.91 Å². The molecule has 1 heterocycles. The second-order valence-corrected chi connectivity index (χ2v) is 6.82. The number of ether oxygens (including phenoxy) is 1. The smallest absolute Gasteiger partial charge is 0.255 e. The third-order valence-electron chi connectivity index (χ3n) is 4.86. The number of amides is 2. The zero-order valence-corrected chi connectivity index (χ0v) is 16.2. The van der Waals surface area contributed by atoms with Crippen molar-refractivity contribution in [3.63, 3.8) is 0 Å². The summed E-state index contributed by atoms with van der Waals surface area (Å²) >= 11 is 0. The van der Waals surface area contributed by atoms with Crippen LogP contribution in [-0.2, 0) is 4.79 Å². The number of anilines is 1. The molecule has 5 nitrogen and oxygen atoms in total. The van der Waals surface area contributed by atoms with Crippen molar-refractivity contribution < 1.29 is 14.3 Å². The summed E-state index contributed by atoms with van der Waals surface area (Å²) in [5.41, 5.74) is 1.88. The Morgan fingerprint density at radius 3 is 2.39 bits per heavy atom. The summed E-state index contributed by atoms with van der Waals surface area (Å²) in [5, 5.41) is 2.84. The Morgan fingerprint density at radius 2 is 1.64 bits per heavy atom. The van der Waals surface area contributed by atoms with E-state index >= 15 is 0 Å². The summed E-state index contributed by atoms with van der Waals surface area (Å²) in [7, 11) is 1.59. The lowest BCUT2D eigenvalue weighted by Crippen LogP contribution is -2.32. The number of rotatable bonds is 5. The van der Waals surface area contributed by atoms with Crippen LogP contribution in [0.1, 0.15) is 41.6 Å². The Labute approximate surface area is 166 Å². The molecule has 0 spiro atoms. The molecule has 1 N–H and O–H groups in total. The zero-order chi connectivity index (χ0) is 19.8. The molecule has 1 aliphatic rings. The third-order valence-corrected chi connectivity index (χ3v) is 4.86. The fourth-order valence-electron chi connectivity index (χ4n) is 3.37. The Bertz CT molecular complexity index is 852. The molecular formula is C23H26N2O3. The van der Waals surface area contributed by atoms with Crippen LogP contribution in [0.3, 0.4) is 0 Å². The van der Waals surface area contributed by atoms with E-state index in [9.17, 15) is 9.59 Å². The average Bonchev–Trinajstić information content (AvgIpc) is 3.02. The molecule has 28 heavy (non-hydrogen) atoms. The summed E-state index contributed by atoms with van der Waals surface area (Å²) in [5.74, 6) is 0.386. The molecule has 2 aromatic rings. The number of nitrogens with one attached hydrogen (secondary N) is 1. The van der Waals surface area contributed by atoms with Crippen LogP contribution in [0.5, 0.6) is 5.75 Å². The van der Waals surface area contributed by atoms with Crippen LogP contribution in [0, 0.1) is 0 Å². The molecular weight excluding hydrogens is 352 g/mol. The first-order valence-corrected chi connectivity index (χ1v) is 9.69. The molecule has 0 aromatic heterocycles. The zero-order valence-electron chi connectivity index (χ0n) is 16.2. The van der Waals surface area contributed by atoms with Crippen molar-refractivity contribution in [2.45, 2.75) is 25.7 Å². The fraction of sp³-hybridized carbons (Fsp3) is 0.304. The lowest BCUT2D eigenvalue weighted by atomic mass is 10.1. The van der Waals surface area contributed by atoms with Crippen molar-refractivity contribution in [3.8, 4) is 5.75 Å². The number of carbonyl (C=O) groups is 2. The van der Waals surface area contributed by atoms with Crippen LogP contribution in [0.25, 0.3) is 6.08 Å². The van der Waals surface area contributed by atoms with Gasteiger partial charge in [0.05, 0.1) is 18.4 Å². The molecule has 2 amide bonds. The van der Waals surface area contributed by atoms with Gasteiger partial charge in [-0.3, -0.25) is 9.59 Å². The van der Waals surface area contributed by atoms with Gasteiger partial charge in [-0.1, -0.05) is 43.2 Å². The molecule has 146 valence electrons. The molecule has 0 bridgehead atoms. The molecule has 0 radical (unpaired) electrons. The highest BCUT2D eigenvalue weighted by molar-refractivity contribution is 6.07. The van der Waals surface area contributed by atoms with Gasteiger partial charge in [-0.15, -0.1) is 0 Å². The second kappa shape index (κ2) is 9.74. The first-order valence-electron chi connectivity index (χ1n) is 9.69. The minimum absolute atomic E-state index is 0.0218. The average molecular weight is 378 g/mol. The van der Waals surface area contributed by atoms with Crippen molar-refractivity contribution in [1.82, 2.24) is 4.90 Å². The van der Waals surface area contributed by atoms with Gasteiger partial charge in [0.25, 0.3) is 5.91 Å². The molecule has 0 atom stereocenters. The Morgan fingerprint density at radius 1 is 0.964 bits per heavy atom. The van der Waals surface area contributed by atoms with Gasteiger partial charge in [-0.2, -0.15) is 0 Å². The van der Waals surface area contributed by atoms with Crippen molar-refractivity contribution in [3.05, 3.63) is 65.7 Å². The van der Waals surface area contributed by atoms with Gasteiger partial charge < -0.3 is 15.0 Å². The highest BCUT2D eigenvalue weighted by atomic mass is 16.5. The van der Waals surface area contributed by atoms with Crippen molar-refractivity contribution in [2.24, 2.45) is 0 Å². The van der Waals surface area contributed by atoms with Crippen LogP contribution in [0.4, 0.5) is 5.69 Å². The summed E-state index contributed by atoms with van der Waals surface area (Å²) in [6, 6.07) is 14.7. The third kappa shape index (κ3) is 5.00. The molecule has 0 unspecified atom stereocenters. The van der Waals surface area contributed by atoms with Gasteiger partial charge in [-0.05, 0) is 37.1 Å². The largest absolute Gasteiger partial charge is 0.496 e. The standard InChI is InChI=1S/C23H26N2O3/c1-28-21-13-7-4-10-18(21)14-15-22(26)24-20-12-6-5-11-19(20)23(27)25-16-8-2-3-9-17-25/h4-7,10-15H,2-3,8-9,16-17H2,1H3,(H,24,26). The van der Waals surface area contributed by atoms with Gasteiger partial charge in [0, 0.05) is 24.7 Å². The van der Waals surface area contributed by atoms with E-state index in [1.54, 1.807) is 25.3 Å². The molecule has 1 fully saturated rings. The van der Waals surface area contributed by atoms with E-state index in [4.69, 9.17) is 4.74 Å². The number of likely N-dealkylation sites (tertiary alicyclic amines) is 1. The number of nitrogens with zero attached hydrogens (tertiary/aromatic N) is 1. The lowest BCUT2D eigenvalue weighted by Gasteiger charge is -2.21. The van der Waals surface area contributed by atoms with E-state index < -0.39 is 0 Å².